The first-order valence-electron chi connectivity index (χ1n) is 9.31. The fraction of sp³-hybridized carbons (Fsp3) is 0.273. The molecule has 8 heteroatoms. The van der Waals surface area contributed by atoms with E-state index in [-0.39, 0.29) is 23.0 Å². The third kappa shape index (κ3) is 2.91. The number of halogens is 4. The van der Waals surface area contributed by atoms with Gasteiger partial charge in [-0.05, 0) is 43.7 Å². The summed E-state index contributed by atoms with van der Waals surface area (Å²) in [4.78, 5) is 13.9. The van der Waals surface area contributed by atoms with Crippen LogP contribution >= 0.6 is 11.6 Å². The number of nitrogens with zero attached hydrogens (tertiary/aromatic N) is 3. The minimum Gasteiger partial charge on any atom is -0.322 e. The molecule has 1 aromatic heterocycles. The summed E-state index contributed by atoms with van der Waals surface area (Å²) in [5, 5.41) is 4.66. The van der Waals surface area contributed by atoms with Crippen molar-refractivity contribution in [2.24, 2.45) is 7.05 Å². The smallest absolute Gasteiger partial charge is 0.220 e. The van der Waals surface area contributed by atoms with Gasteiger partial charge in [0.2, 0.25) is 5.91 Å². The van der Waals surface area contributed by atoms with Crippen molar-refractivity contribution in [1.82, 2.24) is 14.7 Å². The molecule has 2 aromatic carbocycles. The minimum atomic E-state index is -1.17. The maximum Gasteiger partial charge on any atom is 0.220 e. The molecular weight excluding hydrogens is 415 g/mol. The number of aromatic nitrogens is 2. The first-order valence-corrected chi connectivity index (χ1v) is 9.69. The predicted octanol–water partition coefficient (Wildman–Crippen LogP) is 4.88. The molecule has 30 heavy (non-hydrogen) atoms. The van der Waals surface area contributed by atoms with E-state index < -0.39 is 23.0 Å². The van der Waals surface area contributed by atoms with E-state index >= 15 is 4.39 Å². The van der Waals surface area contributed by atoms with Gasteiger partial charge in [0.1, 0.15) is 23.0 Å². The highest BCUT2D eigenvalue weighted by Gasteiger charge is 2.61. The van der Waals surface area contributed by atoms with E-state index in [0.29, 0.717) is 28.1 Å². The molecule has 1 amide bonds. The Kier molecular flexibility index (Phi) is 4.69. The summed E-state index contributed by atoms with van der Waals surface area (Å²) < 4.78 is 44.1. The Balaban J connectivity index is 2.06. The third-order valence-corrected chi connectivity index (χ3v) is 5.92. The van der Waals surface area contributed by atoms with Crippen LogP contribution in [0.1, 0.15) is 29.4 Å². The average molecular weight is 434 g/mol. The molecule has 0 bridgehead atoms. The molecule has 3 aromatic rings. The molecule has 1 aliphatic rings. The Morgan fingerprint density at radius 1 is 1.13 bits per heavy atom. The van der Waals surface area contributed by atoms with Crippen LogP contribution < -0.4 is 0 Å². The second-order valence-electron chi connectivity index (χ2n) is 7.60. The van der Waals surface area contributed by atoms with Crippen LogP contribution in [0.3, 0.4) is 0 Å². The topological polar surface area (TPSA) is 37.9 Å². The second-order valence-corrected chi connectivity index (χ2v) is 8.01. The van der Waals surface area contributed by atoms with Gasteiger partial charge in [0.15, 0.2) is 0 Å². The zero-order valence-electron chi connectivity index (χ0n) is 16.9. The lowest BCUT2D eigenvalue weighted by Crippen LogP contribution is -2.27. The highest BCUT2D eigenvalue weighted by Crippen LogP contribution is 2.54. The molecule has 4 rings (SSSR count). The zero-order chi connectivity index (χ0) is 22.0. The summed E-state index contributed by atoms with van der Waals surface area (Å²) in [5.41, 5.74) is 1.67. The number of benzene rings is 2. The van der Waals surface area contributed by atoms with Crippen molar-refractivity contribution in [2.75, 3.05) is 6.54 Å². The Labute approximate surface area is 176 Å². The van der Waals surface area contributed by atoms with E-state index in [2.05, 4.69) is 5.10 Å². The van der Waals surface area contributed by atoms with Gasteiger partial charge >= 0.3 is 0 Å². The number of hydrogen-bond acceptors (Lipinski definition) is 2. The quantitative estimate of drug-likeness (QED) is 0.552. The van der Waals surface area contributed by atoms with E-state index in [1.165, 1.54) is 36.1 Å². The molecule has 1 saturated heterocycles. The van der Waals surface area contributed by atoms with Crippen molar-refractivity contribution < 1.29 is 18.0 Å². The molecule has 0 saturated carbocycles. The Morgan fingerprint density at radius 2 is 1.83 bits per heavy atom. The van der Waals surface area contributed by atoms with Gasteiger partial charge in [-0.25, -0.2) is 13.2 Å². The molecule has 0 radical (unpaired) electrons. The maximum atomic E-state index is 15.1. The highest BCUT2D eigenvalue weighted by molar-refractivity contribution is 6.33. The standard InChI is InChI=1S/C22H19ClF3N3O/c1-11-7-15(25)9-18(26)20(11)22(10-29(22)13(3)30)21-19(12(2)27-28(21)4)16-6-5-14(24)8-17(16)23/h5-9H,10H2,1-4H3. The molecule has 0 aliphatic carbocycles. The van der Waals surface area contributed by atoms with E-state index in [1.807, 2.05) is 0 Å². The van der Waals surface area contributed by atoms with Gasteiger partial charge in [0.25, 0.3) is 0 Å². The zero-order valence-corrected chi connectivity index (χ0v) is 17.6. The van der Waals surface area contributed by atoms with Crippen molar-refractivity contribution in [1.29, 1.82) is 0 Å². The summed E-state index contributed by atoms with van der Waals surface area (Å²) in [6.45, 7) is 4.97. The molecule has 1 unspecified atom stereocenters. The monoisotopic (exact) mass is 433 g/mol. The van der Waals surface area contributed by atoms with E-state index in [4.69, 9.17) is 11.6 Å². The lowest BCUT2D eigenvalue weighted by molar-refractivity contribution is -0.124. The van der Waals surface area contributed by atoms with Crippen molar-refractivity contribution in [3.05, 3.63) is 75.3 Å². The van der Waals surface area contributed by atoms with Crippen molar-refractivity contribution in [2.45, 2.75) is 26.3 Å². The number of carbonyl (C=O) groups excluding carboxylic acids is 1. The van der Waals surface area contributed by atoms with Crippen LogP contribution in [-0.4, -0.2) is 27.1 Å². The number of hydrogen-bond donors (Lipinski definition) is 0. The number of carbonyl (C=O) groups is 1. The number of amides is 1. The van der Waals surface area contributed by atoms with E-state index in [0.717, 1.165) is 6.07 Å². The van der Waals surface area contributed by atoms with Crippen LogP contribution in [0.25, 0.3) is 11.1 Å². The fourth-order valence-corrected chi connectivity index (χ4v) is 4.74. The number of rotatable bonds is 3. The summed E-state index contributed by atoms with van der Waals surface area (Å²) in [6.07, 6.45) is 0. The molecule has 4 nitrogen and oxygen atoms in total. The van der Waals surface area contributed by atoms with E-state index in [1.54, 1.807) is 25.6 Å². The van der Waals surface area contributed by atoms with Gasteiger partial charge in [0, 0.05) is 36.7 Å². The van der Waals surface area contributed by atoms with E-state index in [9.17, 15) is 13.6 Å². The molecule has 2 heterocycles. The fourth-order valence-electron chi connectivity index (χ4n) is 4.48. The van der Waals surface area contributed by atoms with Crippen LogP contribution in [0, 0.1) is 31.3 Å². The molecule has 1 aliphatic heterocycles. The largest absolute Gasteiger partial charge is 0.322 e. The highest BCUT2D eigenvalue weighted by atomic mass is 35.5. The molecule has 1 atom stereocenters. The van der Waals surface area contributed by atoms with Crippen LogP contribution in [-0.2, 0) is 17.4 Å². The summed E-state index contributed by atoms with van der Waals surface area (Å²) >= 11 is 6.33. The van der Waals surface area contributed by atoms with Crippen molar-refractivity contribution >= 4 is 17.5 Å². The third-order valence-electron chi connectivity index (χ3n) is 5.60. The number of aryl methyl sites for hydroxylation is 3. The molecular formula is C22H19ClF3N3O. The second kappa shape index (κ2) is 6.87. The Hall–Kier alpha value is -2.80. The van der Waals surface area contributed by atoms with Crippen LogP contribution in [0.15, 0.2) is 30.3 Å². The summed E-state index contributed by atoms with van der Waals surface area (Å²) in [6, 6.07) is 6.06. The van der Waals surface area contributed by atoms with Gasteiger partial charge in [-0.15, -0.1) is 0 Å². The van der Waals surface area contributed by atoms with Gasteiger partial charge in [-0.1, -0.05) is 11.6 Å². The van der Waals surface area contributed by atoms with Crippen molar-refractivity contribution in [3.8, 4) is 11.1 Å². The molecule has 0 spiro atoms. The van der Waals surface area contributed by atoms with Gasteiger partial charge in [-0.3, -0.25) is 9.48 Å². The Bertz CT molecular complexity index is 1180. The summed E-state index contributed by atoms with van der Waals surface area (Å²) in [5.74, 6) is -2.18. The van der Waals surface area contributed by atoms with Gasteiger partial charge in [0.05, 0.1) is 23.0 Å². The van der Waals surface area contributed by atoms with Crippen molar-refractivity contribution in [3.63, 3.8) is 0 Å². The average Bonchev–Trinajstić information content (AvgIpc) is 3.27. The normalized spacial score (nSPS) is 18.1. The predicted molar refractivity (Wildman–Crippen MR) is 108 cm³/mol. The molecule has 0 N–H and O–H groups in total. The Morgan fingerprint density at radius 3 is 2.40 bits per heavy atom. The lowest BCUT2D eigenvalue weighted by Gasteiger charge is -2.23. The van der Waals surface area contributed by atoms with Crippen LogP contribution in [0.2, 0.25) is 5.02 Å². The first-order chi connectivity index (χ1) is 14.1. The lowest BCUT2D eigenvalue weighted by atomic mass is 9.86. The van der Waals surface area contributed by atoms with Gasteiger partial charge < -0.3 is 4.90 Å². The first kappa shape index (κ1) is 20.5. The SMILES string of the molecule is CC(=O)N1CC1(c1c(C)cc(F)cc1F)c1c(-c2ccc(F)cc2Cl)c(C)nn1C. The van der Waals surface area contributed by atoms with Gasteiger partial charge in [-0.2, -0.15) is 5.10 Å². The maximum absolute atomic E-state index is 15.1. The summed E-state index contributed by atoms with van der Waals surface area (Å²) in [7, 11) is 1.69. The van der Waals surface area contributed by atoms with Crippen LogP contribution in [0.4, 0.5) is 13.2 Å². The molecule has 1 fully saturated rings. The van der Waals surface area contributed by atoms with Crippen LogP contribution in [0.5, 0.6) is 0 Å². The minimum absolute atomic E-state index is 0.175. The molecule has 156 valence electrons.